The Bertz CT molecular complexity index is 807. The van der Waals surface area contributed by atoms with Crippen molar-refractivity contribution in [3.8, 4) is 11.1 Å². The SMILES string of the molecule is Cc1cccc(-c2cn(C(=O)O)nc2Cc2ccccc2)c1. The summed E-state index contributed by atoms with van der Waals surface area (Å²) in [7, 11) is 0. The van der Waals surface area contributed by atoms with Crippen LogP contribution in [0.3, 0.4) is 0 Å². The average molecular weight is 292 g/mol. The summed E-state index contributed by atoms with van der Waals surface area (Å²) in [6.45, 7) is 2.02. The summed E-state index contributed by atoms with van der Waals surface area (Å²) >= 11 is 0. The highest BCUT2D eigenvalue weighted by Gasteiger charge is 2.14. The summed E-state index contributed by atoms with van der Waals surface area (Å²) < 4.78 is 0.982. The van der Waals surface area contributed by atoms with Gasteiger partial charge in [0.25, 0.3) is 0 Å². The van der Waals surface area contributed by atoms with Crippen molar-refractivity contribution in [2.24, 2.45) is 0 Å². The summed E-state index contributed by atoms with van der Waals surface area (Å²) in [5.74, 6) is 0. The number of aromatic nitrogens is 2. The van der Waals surface area contributed by atoms with Gasteiger partial charge in [-0.1, -0.05) is 60.2 Å². The molecule has 0 aliphatic carbocycles. The molecule has 22 heavy (non-hydrogen) atoms. The molecule has 1 N–H and O–H groups in total. The minimum atomic E-state index is -1.08. The number of carbonyl (C=O) groups is 1. The van der Waals surface area contributed by atoms with Gasteiger partial charge in [-0.15, -0.1) is 0 Å². The Morgan fingerprint density at radius 1 is 1.14 bits per heavy atom. The lowest BCUT2D eigenvalue weighted by Crippen LogP contribution is -2.08. The maximum Gasteiger partial charge on any atom is 0.432 e. The van der Waals surface area contributed by atoms with Gasteiger partial charge in [-0.25, -0.2) is 4.79 Å². The second-order valence-corrected chi connectivity index (χ2v) is 5.25. The smallest absolute Gasteiger partial charge is 0.432 e. The van der Waals surface area contributed by atoms with Gasteiger partial charge in [-0.05, 0) is 18.1 Å². The molecule has 2 aromatic carbocycles. The lowest BCUT2D eigenvalue weighted by molar-refractivity contribution is 0.192. The Morgan fingerprint density at radius 2 is 1.91 bits per heavy atom. The van der Waals surface area contributed by atoms with Crippen LogP contribution in [0, 0.1) is 6.92 Å². The highest BCUT2D eigenvalue weighted by Crippen LogP contribution is 2.25. The normalized spacial score (nSPS) is 10.6. The summed E-state index contributed by atoms with van der Waals surface area (Å²) in [6, 6.07) is 17.9. The summed E-state index contributed by atoms with van der Waals surface area (Å²) in [6.07, 6.45) is 1.10. The first-order valence-corrected chi connectivity index (χ1v) is 7.06. The van der Waals surface area contributed by atoms with Crippen LogP contribution >= 0.6 is 0 Å². The molecular formula is C18H16N2O2. The van der Waals surface area contributed by atoms with E-state index >= 15 is 0 Å². The van der Waals surface area contributed by atoms with Gasteiger partial charge in [0.1, 0.15) is 0 Å². The number of rotatable bonds is 3. The van der Waals surface area contributed by atoms with Gasteiger partial charge < -0.3 is 5.11 Å². The molecule has 1 aromatic heterocycles. The van der Waals surface area contributed by atoms with Gasteiger partial charge in [0.05, 0.1) is 5.69 Å². The zero-order valence-corrected chi connectivity index (χ0v) is 12.2. The number of hydrogen-bond acceptors (Lipinski definition) is 2. The predicted molar refractivity (Wildman–Crippen MR) is 85.1 cm³/mol. The minimum Gasteiger partial charge on any atom is -0.463 e. The Labute approximate surface area is 128 Å². The van der Waals surface area contributed by atoms with Crippen molar-refractivity contribution in [1.82, 2.24) is 9.78 Å². The highest BCUT2D eigenvalue weighted by atomic mass is 16.4. The molecule has 0 aliphatic heterocycles. The molecule has 0 bridgehead atoms. The lowest BCUT2D eigenvalue weighted by Gasteiger charge is -2.04. The summed E-state index contributed by atoms with van der Waals surface area (Å²) in [4.78, 5) is 11.2. The van der Waals surface area contributed by atoms with Crippen LogP contribution in [-0.2, 0) is 6.42 Å². The third-order valence-electron chi connectivity index (χ3n) is 3.53. The Kier molecular flexibility index (Phi) is 3.74. The van der Waals surface area contributed by atoms with Crippen LogP contribution in [0.1, 0.15) is 16.8 Å². The standard InChI is InChI=1S/C18H16N2O2/c1-13-6-5-9-15(10-13)16-12-20(18(21)22)19-17(16)11-14-7-3-2-4-8-14/h2-10,12H,11H2,1H3,(H,21,22). The topological polar surface area (TPSA) is 55.1 Å². The fourth-order valence-electron chi connectivity index (χ4n) is 2.48. The maximum absolute atomic E-state index is 11.2. The average Bonchev–Trinajstić information content (AvgIpc) is 2.92. The molecule has 4 nitrogen and oxygen atoms in total. The van der Waals surface area contributed by atoms with Gasteiger partial charge in [0.2, 0.25) is 0 Å². The van der Waals surface area contributed by atoms with Crippen LogP contribution in [0.15, 0.2) is 60.8 Å². The first kappa shape index (κ1) is 14.1. The van der Waals surface area contributed by atoms with E-state index in [0.29, 0.717) is 6.42 Å². The van der Waals surface area contributed by atoms with Crippen molar-refractivity contribution in [2.45, 2.75) is 13.3 Å². The van der Waals surface area contributed by atoms with Crippen molar-refractivity contribution in [3.63, 3.8) is 0 Å². The van der Waals surface area contributed by atoms with Crippen LogP contribution < -0.4 is 0 Å². The van der Waals surface area contributed by atoms with Crippen LogP contribution in [-0.4, -0.2) is 21.0 Å². The zero-order valence-electron chi connectivity index (χ0n) is 12.2. The van der Waals surface area contributed by atoms with Gasteiger partial charge >= 0.3 is 6.09 Å². The molecule has 1 heterocycles. The molecule has 0 saturated carbocycles. The van der Waals surface area contributed by atoms with Gasteiger partial charge in [0, 0.05) is 18.2 Å². The Morgan fingerprint density at radius 3 is 2.59 bits per heavy atom. The summed E-state index contributed by atoms with van der Waals surface area (Å²) in [5, 5.41) is 13.4. The predicted octanol–water partition coefficient (Wildman–Crippen LogP) is 3.98. The molecule has 0 atom stereocenters. The fraction of sp³-hybridized carbons (Fsp3) is 0.111. The van der Waals surface area contributed by atoms with Crippen LogP contribution in [0.25, 0.3) is 11.1 Å². The van der Waals surface area contributed by atoms with E-state index in [1.807, 2.05) is 61.5 Å². The van der Waals surface area contributed by atoms with Gasteiger partial charge in [-0.2, -0.15) is 9.78 Å². The Hall–Kier alpha value is -2.88. The molecule has 4 heteroatoms. The molecule has 0 spiro atoms. The first-order chi connectivity index (χ1) is 10.6. The van der Waals surface area contributed by atoms with E-state index in [9.17, 15) is 9.90 Å². The minimum absolute atomic E-state index is 0.602. The number of hydrogen-bond donors (Lipinski definition) is 1. The monoisotopic (exact) mass is 292 g/mol. The lowest BCUT2D eigenvalue weighted by atomic mass is 10.0. The van der Waals surface area contributed by atoms with Gasteiger partial charge in [0.15, 0.2) is 0 Å². The largest absolute Gasteiger partial charge is 0.463 e. The van der Waals surface area contributed by atoms with Crippen LogP contribution in [0.2, 0.25) is 0 Å². The Balaban J connectivity index is 2.06. The number of nitrogens with zero attached hydrogens (tertiary/aromatic N) is 2. The molecule has 110 valence electrons. The van der Waals surface area contributed by atoms with E-state index < -0.39 is 6.09 Å². The van der Waals surface area contributed by atoms with Crippen molar-refractivity contribution < 1.29 is 9.90 Å². The molecule has 3 aromatic rings. The second-order valence-electron chi connectivity index (χ2n) is 5.25. The van der Waals surface area contributed by atoms with E-state index in [1.165, 1.54) is 0 Å². The molecule has 0 aliphatic rings. The molecular weight excluding hydrogens is 276 g/mol. The number of benzene rings is 2. The second kappa shape index (κ2) is 5.85. The van der Waals surface area contributed by atoms with E-state index in [2.05, 4.69) is 5.10 Å². The molecule has 0 fully saturated rings. The quantitative estimate of drug-likeness (QED) is 0.794. The molecule has 0 saturated heterocycles. The molecule has 0 amide bonds. The molecule has 3 rings (SSSR count). The van der Waals surface area contributed by atoms with E-state index in [1.54, 1.807) is 6.20 Å². The zero-order chi connectivity index (χ0) is 15.5. The van der Waals surface area contributed by atoms with Crippen molar-refractivity contribution in [2.75, 3.05) is 0 Å². The fourth-order valence-corrected chi connectivity index (χ4v) is 2.48. The third kappa shape index (κ3) is 2.91. The molecule has 0 radical (unpaired) electrons. The van der Waals surface area contributed by atoms with E-state index in [4.69, 9.17) is 0 Å². The van der Waals surface area contributed by atoms with Crippen LogP contribution in [0.4, 0.5) is 4.79 Å². The van der Waals surface area contributed by atoms with Crippen molar-refractivity contribution in [3.05, 3.63) is 77.6 Å². The highest BCUT2D eigenvalue weighted by molar-refractivity contribution is 5.73. The number of carboxylic acid groups (broad SMARTS) is 1. The third-order valence-corrected chi connectivity index (χ3v) is 3.53. The molecule has 0 unspecified atom stereocenters. The van der Waals surface area contributed by atoms with E-state index in [-0.39, 0.29) is 0 Å². The maximum atomic E-state index is 11.2. The van der Waals surface area contributed by atoms with Crippen molar-refractivity contribution in [1.29, 1.82) is 0 Å². The van der Waals surface area contributed by atoms with Crippen LogP contribution in [0.5, 0.6) is 0 Å². The summed E-state index contributed by atoms with van der Waals surface area (Å²) in [5.41, 5.74) is 4.84. The van der Waals surface area contributed by atoms with Gasteiger partial charge in [-0.3, -0.25) is 0 Å². The first-order valence-electron chi connectivity index (χ1n) is 7.06. The van der Waals surface area contributed by atoms with E-state index in [0.717, 1.165) is 32.6 Å². The van der Waals surface area contributed by atoms with Crippen molar-refractivity contribution >= 4 is 6.09 Å². The number of aryl methyl sites for hydroxylation is 1.